The molecule has 0 aliphatic heterocycles. The van der Waals surface area contributed by atoms with Crippen molar-refractivity contribution in [2.75, 3.05) is 33.0 Å². The molecule has 0 saturated carbocycles. The summed E-state index contributed by atoms with van der Waals surface area (Å²) in [4.78, 5) is 36.9. The number of likely N-dealkylation sites (N-methyl/N-ethyl adjacent to an activating group) is 1. The maximum Gasteiger partial charge on any atom is 0.295 e. The number of halogens is 1. The van der Waals surface area contributed by atoms with Crippen LogP contribution in [0.5, 0.6) is 0 Å². The Labute approximate surface area is 197 Å². The highest BCUT2D eigenvalue weighted by atomic mass is 79.9. The minimum Gasteiger partial charge on any atom is -1.00 e. The van der Waals surface area contributed by atoms with Gasteiger partial charge in [-0.1, -0.05) is 26.8 Å². The van der Waals surface area contributed by atoms with E-state index in [1.165, 1.54) is 0 Å². The predicted molar refractivity (Wildman–Crippen MR) is 121 cm³/mol. The Balaban J connectivity index is 0.00000900. The van der Waals surface area contributed by atoms with Crippen molar-refractivity contribution in [3.63, 3.8) is 0 Å². The van der Waals surface area contributed by atoms with Gasteiger partial charge in [-0.05, 0) is 43.5 Å². The average molecular weight is 497 g/mol. The fourth-order valence-corrected chi connectivity index (χ4v) is 2.54. The van der Waals surface area contributed by atoms with Crippen LogP contribution in [0.4, 0.5) is 5.69 Å². The Bertz CT molecular complexity index is 821. The zero-order valence-corrected chi connectivity index (χ0v) is 21.6. The van der Waals surface area contributed by atoms with Crippen LogP contribution in [0.15, 0.2) is 23.3 Å². The van der Waals surface area contributed by atoms with Crippen molar-refractivity contribution in [3.05, 3.63) is 29.3 Å². The Morgan fingerprint density at radius 1 is 0.968 bits per heavy atom. The second kappa shape index (κ2) is 12.1. The van der Waals surface area contributed by atoms with Gasteiger partial charge in [0.1, 0.15) is 5.78 Å². The SMILES string of the molecule is Cc1ccc(NC(=O)CC/C(CC(=O)C(C)(C)C)=N/NC(=O)C[N+](C)(C)C)cc1C.[Br-]. The summed E-state index contributed by atoms with van der Waals surface area (Å²) in [5.41, 5.74) is 5.52. The summed E-state index contributed by atoms with van der Waals surface area (Å²) in [6, 6.07) is 5.75. The van der Waals surface area contributed by atoms with Crippen LogP contribution in [-0.2, 0) is 14.4 Å². The minimum absolute atomic E-state index is 0. The second-order valence-electron chi connectivity index (χ2n) is 9.86. The molecule has 0 aromatic heterocycles. The molecule has 0 spiro atoms. The van der Waals surface area contributed by atoms with Crippen molar-refractivity contribution in [1.29, 1.82) is 0 Å². The highest BCUT2D eigenvalue weighted by molar-refractivity contribution is 6.05. The van der Waals surface area contributed by atoms with E-state index in [0.717, 1.165) is 16.8 Å². The van der Waals surface area contributed by atoms with E-state index >= 15 is 0 Å². The number of amides is 2. The standard InChI is InChI=1S/C23H36N4O3.BrH/c1-16-9-10-18(13-17(16)2)24-21(29)12-11-19(14-20(28)23(3,4)5)25-26-22(30)15-27(6,7)8;/h9-10,13H,11-12,14-15H2,1-8H3,(H-,24,26,29,30);1H/b25-19-;. The maximum atomic E-state index is 12.5. The molecule has 174 valence electrons. The third-order valence-corrected chi connectivity index (χ3v) is 4.59. The number of carbonyl (C=O) groups excluding carboxylic acids is 3. The fourth-order valence-electron chi connectivity index (χ4n) is 2.54. The topological polar surface area (TPSA) is 87.6 Å². The van der Waals surface area contributed by atoms with E-state index < -0.39 is 5.41 Å². The summed E-state index contributed by atoms with van der Waals surface area (Å²) < 4.78 is 0.468. The Morgan fingerprint density at radius 3 is 2.10 bits per heavy atom. The molecule has 0 bridgehead atoms. The number of Topliss-reactive ketones (excluding diaryl/α,β-unsaturated/α-hetero) is 1. The number of ketones is 1. The van der Waals surface area contributed by atoms with Crippen molar-refractivity contribution in [1.82, 2.24) is 5.43 Å². The molecule has 7 nitrogen and oxygen atoms in total. The lowest BCUT2D eigenvalue weighted by atomic mass is 9.87. The monoisotopic (exact) mass is 496 g/mol. The van der Waals surface area contributed by atoms with Gasteiger partial charge in [0.05, 0.1) is 21.1 Å². The normalized spacial score (nSPS) is 12.1. The quantitative estimate of drug-likeness (QED) is 0.291. The minimum atomic E-state index is -0.519. The molecule has 0 unspecified atom stereocenters. The summed E-state index contributed by atoms with van der Waals surface area (Å²) in [6.07, 6.45) is 0.572. The van der Waals surface area contributed by atoms with Crippen LogP contribution in [0.3, 0.4) is 0 Å². The lowest BCUT2D eigenvalue weighted by Gasteiger charge is -2.22. The molecule has 31 heavy (non-hydrogen) atoms. The molecule has 0 radical (unpaired) electrons. The molecule has 1 aromatic carbocycles. The van der Waals surface area contributed by atoms with E-state index in [4.69, 9.17) is 0 Å². The number of anilines is 1. The van der Waals surface area contributed by atoms with Gasteiger partial charge < -0.3 is 26.8 Å². The van der Waals surface area contributed by atoms with E-state index in [0.29, 0.717) is 16.6 Å². The third kappa shape index (κ3) is 11.8. The number of carbonyl (C=O) groups is 3. The molecule has 0 aliphatic carbocycles. The third-order valence-electron chi connectivity index (χ3n) is 4.59. The molecule has 0 heterocycles. The van der Waals surface area contributed by atoms with E-state index in [-0.39, 0.29) is 54.0 Å². The summed E-state index contributed by atoms with van der Waals surface area (Å²) in [5, 5.41) is 7.05. The van der Waals surface area contributed by atoms with Gasteiger partial charge in [0, 0.05) is 29.7 Å². The van der Waals surface area contributed by atoms with E-state index in [2.05, 4.69) is 15.8 Å². The van der Waals surface area contributed by atoms with Crippen LogP contribution in [0.1, 0.15) is 51.2 Å². The molecule has 0 saturated heterocycles. The Morgan fingerprint density at radius 2 is 1.58 bits per heavy atom. The van der Waals surface area contributed by atoms with Crippen molar-refractivity contribution in [2.45, 2.75) is 53.9 Å². The van der Waals surface area contributed by atoms with Gasteiger partial charge in [0.25, 0.3) is 5.91 Å². The molecule has 0 fully saturated rings. The number of aryl methyl sites for hydroxylation is 2. The molecule has 1 aromatic rings. The highest BCUT2D eigenvalue weighted by Crippen LogP contribution is 2.18. The van der Waals surface area contributed by atoms with Gasteiger partial charge >= 0.3 is 0 Å². The highest BCUT2D eigenvalue weighted by Gasteiger charge is 2.23. The van der Waals surface area contributed by atoms with Crippen LogP contribution in [-0.4, -0.2) is 55.5 Å². The van der Waals surface area contributed by atoms with Gasteiger partial charge in [-0.15, -0.1) is 0 Å². The lowest BCUT2D eigenvalue weighted by Crippen LogP contribution is -3.00. The Kier molecular flexibility index (Phi) is 11.3. The first-order valence-electron chi connectivity index (χ1n) is 10.2. The van der Waals surface area contributed by atoms with Gasteiger partial charge in [0.15, 0.2) is 6.54 Å². The molecule has 0 atom stereocenters. The van der Waals surface area contributed by atoms with Crippen molar-refractivity contribution < 1.29 is 35.8 Å². The molecular weight excluding hydrogens is 460 g/mol. The zero-order valence-electron chi connectivity index (χ0n) is 20.1. The van der Waals surface area contributed by atoms with Gasteiger partial charge in [0.2, 0.25) is 5.91 Å². The first-order valence-corrected chi connectivity index (χ1v) is 10.2. The van der Waals surface area contributed by atoms with E-state index in [1.54, 1.807) is 0 Å². The van der Waals surface area contributed by atoms with E-state index in [9.17, 15) is 14.4 Å². The summed E-state index contributed by atoms with van der Waals surface area (Å²) in [7, 11) is 5.72. The summed E-state index contributed by atoms with van der Waals surface area (Å²) >= 11 is 0. The van der Waals surface area contributed by atoms with Crippen molar-refractivity contribution >= 4 is 29.0 Å². The molecular formula is C23H37BrN4O3. The Hall–Kier alpha value is -2.06. The molecule has 1 rings (SSSR count). The van der Waals surface area contributed by atoms with Crippen LogP contribution in [0.2, 0.25) is 0 Å². The number of hydrogen-bond acceptors (Lipinski definition) is 4. The molecule has 2 N–H and O–H groups in total. The second-order valence-corrected chi connectivity index (χ2v) is 9.86. The number of nitrogens with one attached hydrogen (secondary N) is 2. The largest absolute Gasteiger partial charge is 1.00 e. The van der Waals surface area contributed by atoms with Crippen LogP contribution >= 0.6 is 0 Å². The summed E-state index contributed by atoms with van der Waals surface area (Å²) in [6.45, 7) is 9.80. The lowest BCUT2D eigenvalue weighted by molar-refractivity contribution is -0.862. The maximum absolute atomic E-state index is 12.5. The number of hydrazone groups is 1. The van der Waals surface area contributed by atoms with Crippen molar-refractivity contribution in [3.8, 4) is 0 Å². The predicted octanol–water partition coefficient (Wildman–Crippen LogP) is 0.210. The van der Waals surface area contributed by atoms with Gasteiger partial charge in [-0.2, -0.15) is 5.10 Å². The van der Waals surface area contributed by atoms with Crippen LogP contribution in [0.25, 0.3) is 0 Å². The van der Waals surface area contributed by atoms with Gasteiger partial charge in [-0.25, -0.2) is 5.43 Å². The molecule has 2 amide bonds. The number of quaternary nitrogens is 1. The molecule has 8 heteroatoms. The first-order chi connectivity index (χ1) is 13.7. The summed E-state index contributed by atoms with van der Waals surface area (Å²) in [5.74, 6) is -0.383. The van der Waals surface area contributed by atoms with Crippen LogP contribution < -0.4 is 27.7 Å². The fraction of sp³-hybridized carbons (Fsp3) is 0.565. The number of hydrogen-bond donors (Lipinski definition) is 2. The zero-order chi connectivity index (χ0) is 23.1. The smallest absolute Gasteiger partial charge is 0.295 e. The number of rotatable bonds is 9. The average Bonchev–Trinajstić information content (AvgIpc) is 2.58. The van der Waals surface area contributed by atoms with Crippen LogP contribution in [0, 0.1) is 19.3 Å². The number of nitrogens with zero attached hydrogens (tertiary/aromatic N) is 2. The number of benzene rings is 1. The van der Waals surface area contributed by atoms with Gasteiger partial charge in [-0.3, -0.25) is 14.4 Å². The van der Waals surface area contributed by atoms with E-state index in [1.807, 2.05) is 74.0 Å². The van der Waals surface area contributed by atoms with Crippen molar-refractivity contribution in [2.24, 2.45) is 10.5 Å². The molecule has 0 aliphatic rings. The first kappa shape index (κ1) is 28.9.